The summed E-state index contributed by atoms with van der Waals surface area (Å²) in [7, 11) is 0. The predicted molar refractivity (Wildman–Crippen MR) is 44.7 cm³/mol. The van der Waals surface area contributed by atoms with Gasteiger partial charge in [-0.3, -0.25) is 4.84 Å². The third-order valence-corrected chi connectivity index (χ3v) is 1.68. The molecule has 0 aromatic rings. The van der Waals surface area contributed by atoms with Gasteiger partial charge >= 0.3 is 11.9 Å². The molecule has 0 aromatic carbocycles. The van der Waals surface area contributed by atoms with Gasteiger partial charge in [0, 0.05) is 6.42 Å². The first kappa shape index (κ1) is 10.7. The molecule has 1 fully saturated rings. The zero-order chi connectivity index (χ0) is 10.6. The van der Waals surface area contributed by atoms with E-state index in [0.29, 0.717) is 6.42 Å². The van der Waals surface area contributed by atoms with Crippen molar-refractivity contribution in [2.45, 2.75) is 12.5 Å². The van der Waals surface area contributed by atoms with Crippen LogP contribution in [0.4, 0.5) is 0 Å². The first-order valence-corrected chi connectivity index (χ1v) is 4.02. The largest absolute Gasteiger partial charge is 0.463 e. The molecular formula is C8H11NO5. The number of carbonyl (C=O) groups excluding carboxylic acids is 2. The van der Waals surface area contributed by atoms with E-state index in [0.717, 1.165) is 0 Å². The van der Waals surface area contributed by atoms with Crippen LogP contribution in [-0.4, -0.2) is 31.3 Å². The fourth-order valence-electron chi connectivity index (χ4n) is 0.956. The number of esters is 2. The Bertz CT molecular complexity index is 262. The van der Waals surface area contributed by atoms with Crippen LogP contribution in [0, 0.1) is 0 Å². The van der Waals surface area contributed by atoms with Crippen LogP contribution >= 0.6 is 0 Å². The molecule has 0 bridgehead atoms. The van der Waals surface area contributed by atoms with Crippen LogP contribution in [0.2, 0.25) is 0 Å². The first-order chi connectivity index (χ1) is 6.65. The van der Waals surface area contributed by atoms with Crippen LogP contribution in [0.3, 0.4) is 0 Å². The van der Waals surface area contributed by atoms with Crippen LogP contribution in [0.15, 0.2) is 12.2 Å². The fourth-order valence-corrected chi connectivity index (χ4v) is 0.956. The molecule has 0 saturated carbocycles. The quantitative estimate of drug-likeness (QED) is 0.367. The highest BCUT2D eigenvalue weighted by Gasteiger charge is 2.30. The number of hydrogen-bond donors (Lipinski definition) is 1. The third kappa shape index (κ3) is 2.54. The molecule has 0 spiro atoms. The molecule has 0 aromatic heterocycles. The Morgan fingerprint density at radius 2 is 2.43 bits per heavy atom. The van der Waals surface area contributed by atoms with Gasteiger partial charge in [-0.05, 0) is 0 Å². The third-order valence-electron chi connectivity index (χ3n) is 1.68. The predicted octanol–water partition coefficient (Wildman–Crippen LogP) is -0.708. The summed E-state index contributed by atoms with van der Waals surface area (Å²) >= 11 is 0. The van der Waals surface area contributed by atoms with E-state index in [2.05, 4.69) is 16.2 Å². The van der Waals surface area contributed by atoms with Gasteiger partial charge in [0.05, 0.1) is 18.8 Å². The lowest BCUT2D eigenvalue weighted by atomic mass is 10.3. The van der Waals surface area contributed by atoms with Crippen molar-refractivity contribution in [3.63, 3.8) is 0 Å². The maximum absolute atomic E-state index is 11.2. The summed E-state index contributed by atoms with van der Waals surface area (Å²) < 4.78 is 9.39. The minimum Gasteiger partial charge on any atom is -0.463 e. The standard InChI is InChI=1S/C8H11NO5/c1-5(4-13-9)7(10)14-6-2-3-12-8(6)11/h6H,1-4,9H2. The summed E-state index contributed by atoms with van der Waals surface area (Å²) in [5.41, 5.74) is 0.0622. The molecule has 2 N–H and O–H groups in total. The number of rotatable bonds is 4. The van der Waals surface area contributed by atoms with Gasteiger partial charge in [-0.25, -0.2) is 15.5 Å². The van der Waals surface area contributed by atoms with Gasteiger partial charge < -0.3 is 9.47 Å². The molecule has 14 heavy (non-hydrogen) atoms. The SMILES string of the molecule is C=C(CON)C(=O)OC1CCOC1=O. The molecule has 1 aliphatic rings. The molecule has 0 radical (unpaired) electrons. The molecule has 0 amide bonds. The number of hydrogen-bond acceptors (Lipinski definition) is 6. The molecule has 1 saturated heterocycles. The highest BCUT2D eigenvalue weighted by molar-refractivity contribution is 5.90. The van der Waals surface area contributed by atoms with Gasteiger partial charge in [-0.2, -0.15) is 0 Å². The maximum atomic E-state index is 11.2. The molecule has 1 aliphatic heterocycles. The minimum atomic E-state index is -0.822. The lowest BCUT2D eigenvalue weighted by Crippen LogP contribution is -2.24. The zero-order valence-electron chi connectivity index (χ0n) is 7.52. The van der Waals surface area contributed by atoms with Gasteiger partial charge in [0.25, 0.3) is 0 Å². The molecule has 1 atom stereocenters. The van der Waals surface area contributed by atoms with E-state index >= 15 is 0 Å². The fraction of sp³-hybridized carbons (Fsp3) is 0.500. The number of nitrogens with two attached hydrogens (primary N) is 1. The van der Waals surface area contributed by atoms with Gasteiger partial charge in [0.2, 0.25) is 6.10 Å². The van der Waals surface area contributed by atoms with Crippen molar-refractivity contribution in [2.24, 2.45) is 5.90 Å². The average Bonchev–Trinajstić information content (AvgIpc) is 2.52. The Hall–Kier alpha value is -1.40. The number of ether oxygens (including phenoxy) is 2. The Labute approximate surface area is 80.6 Å². The van der Waals surface area contributed by atoms with E-state index < -0.39 is 18.0 Å². The van der Waals surface area contributed by atoms with Crippen molar-refractivity contribution in [3.8, 4) is 0 Å². The number of cyclic esters (lactones) is 1. The van der Waals surface area contributed by atoms with Crippen LogP contribution in [0.5, 0.6) is 0 Å². The van der Waals surface area contributed by atoms with E-state index in [9.17, 15) is 9.59 Å². The molecule has 1 unspecified atom stereocenters. The van der Waals surface area contributed by atoms with Crippen molar-refractivity contribution < 1.29 is 23.9 Å². The molecule has 6 heteroatoms. The van der Waals surface area contributed by atoms with Crippen molar-refractivity contribution >= 4 is 11.9 Å². The smallest absolute Gasteiger partial charge is 0.347 e. The first-order valence-electron chi connectivity index (χ1n) is 4.02. The summed E-state index contributed by atoms with van der Waals surface area (Å²) in [6.45, 7) is 3.53. The van der Waals surface area contributed by atoms with E-state index in [1.807, 2.05) is 0 Å². The molecular weight excluding hydrogens is 190 g/mol. The lowest BCUT2D eigenvalue weighted by Gasteiger charge is -2.08. The Morgan fingerprint density at radius 1 is 1.71 bits per heavy atom. The summed E-state index contributed by atoms with van der Waals surface area (Å²) in [4.78, 5) is 26.3. The minimum absolute atomic E-state index is 0.0622. The van der Waals surface area contributed by atoms with E-state index in [1.165, 1.54) is 0 Å². The van der Waals surface area contributed by atoms with Gasteiger partial charge in [0.1, 0.15) is 0 Å². The van der Waals surface area contributed by atoms with E-state index in [-0.39, 0.29) is 18.8 Å². The average molecular weight is 201 g/mol. The summed E-state index contributed by atoms with van der Waals surface area (Å²) in [5, 5.41) is 0. The normalized spacial score (nSPS) is 20.4. The lowest BCUT2D eigenvalue weighted by molar-refractivity contribution is -0.157. The van der Waals surface area contributed by atoms with Gasteiger partial charge in [-0.1, -0.05) is 6.58 Å². The van der Waals surface area contributed by atoms with E-state index in [4.69, 9.17) is 10.6 Å². The van der Waals surface area contributed by atoms with E-state index in [1.54, 1.807) is 0 Å². The van der Waals surface area contributed by atoms with Crippen LogP contribution < -0.4 is 5.90 Å². The molecule has 1 rings (SSSR count). The summed E-state index contributed by atoms with van der Waals surface area (Å²) in [6, 6.07) is 0. The summed E-state index contributed by atoms with van der Waals surface area (Å²) in [5.74, 6) is 3.52. The highest BCUT2D eigenvalue weighted by atomic mass is 16.6. The Kier molecular flexibility index (Phi) is 3.61. The second-order valence-corrected chi connectivity index (χ2v) is 2.76. The van der Waals surface area contributed by atoms with Crippen LogP contribution in [0.25, 0.3) is 0 Å². The van der Waals surface area contributed by atoms with Crippen molar-refractivity contribution in [1.82, 2.24) is 0 Å². The summed E-state index contributed by atoms with van der Waals surface area (Å²) in [6.07, 6.45) is -0.446. The van der Waals surface area contributed by atoms with Gasteiger partial charge in [0.15, 0.2) is 0 Å². The Balaban J connectivity index is 2.40. The Morgan fingerprint density at radius 3 is 2.93 bits per heavy atom. The van der Waals surface area contributed by atoms with Crippen LogP contribution in [-0.2, 0) is 23.9 Å². The molecule has 6 nitrogen and oxygen atoms in total. The van der Waals surface area contributed by atoms with Crippen LogP contribution in [0.1, 0.15) is 6.42 Å². The van der Waals surface area contributed by atoms with Crippen molar-refractivity contribution in [2.75, 3.05) is 13.2 Å². The highest BCUT2D eigenvalue weighted by Crippen LogP contribution is 2.11. The zero-order valence-corrected chi connectivity index (χ0v) is 7.52. The monoisotopic (exact) mass is 201 g/mol. The van der Waals surface area contributed by atoms with Gasteiger partial charge in [-0.15, -0.1) is 0 Å². The topological polar surface area (TPSA) is 87.8 Å². The van der Waals surface area contributed by atoms with Crippen molar-refractivity contribution in [3.05, 3.63) is 12.2 Å². The second kappa shape index (κ2) is 4.73. The molecule has 78 valence electrons. The molecule has 0 aliphatic carbocycles. The second-order valence-electron chi connectivity index (χ2n) is 2.76. The molecule has 1 heterocycles. The van der Waals surface area contributed by atoms with Crippen molar-refractivity contribution in [1.29, 1.82) is 0 Å². The maximum Gasteiger partial charge on any atom is 0.347 e. The number of carbonyl (C=O) groups is 2.